The van der Waals surface area contributed by atoms with Crippen LogP contribution in [0.1, 0.15) is 5.56 Å². The fourth-order valence-electron chi connectivity index (χ4n) is 1.27. The van der Waals surface area contributed by atoms with Gasteiger partial charge >= 0.3 is 5.97 Å². The SMILES string of the molecule is COc1ccc2c(c1)C=CC(O)(O)O2. The van der Waals surface area contributed by atoms with E-state index in [2.05, 4.69) is 0 Å². The van der Waals surface area contributed by atoms with Crippen LogP contribution in [0.2, 0.25) is 0 Å². The number of methoxy groups -OCH3 is 1. The first-order chi connectivity index (χ1) is 6.61. The van der Waals surface area contributed by atoms with Crippen molar-refractivity contribution in [3.63, 3.8) is 0 Å². The molecule has 1 aliphatic rings. The van der Waals surface area contributed by atoms with Crippen LogP contribution in [0.15, 0.2) is 24.3 Å². The molecule has 0 aromatic heterocycles. The molecule has 0 saturated heterocycles. The second kappa shape index (κ2) is 3.01. The van der Waals surface area contributed by atoms with Gasteiger partial charge in [0.2, 0.25) is 0 Å². The van der Waals surface area contributed by atoms with Crippen molar-refractivity contribution >= 4 is 6.08 Å². The molecule has 0 atom stereocenters. The molecule has 0 bridgehead atoms. The molecule has 0 amide bonds. The van der Waals surface area contributed by atoms with Crippen molar-refractivity contribution < 1.29 is 19.7 Å². The Morgan fingerprint density at radius 1 is 1.36 bits per heavy atom. The third kappa shape index (κ3) is 1.57. The molecule has 2 N–H and O–H groups in total. The van der Waals surface area contributed by atoms with Gasteiger partial charge in [-0.2, -0.15) is 0 Å². The number of rotatable bonds is 1. The Morgan fingerprint density at radius 3 is 2.86 bits per heavy atom. The van der Waals surface area contributed by atoms with Crippen LogP contribution in [0.3, 0.4) is 0 Å². The standard InChI is InChI=1S/C10H10O4/c1-13-8-2-3-9-7(6-8)4-5-10(11,12)14-9/h2-6,11-12H,1H3. The minimum Gasteiger partial charge on any atom is -0.497 e. The highest BCUT2D eigenvalue weighted by Gasteiger charge is 2.26. The largest absolute Gasteiger partial charge is 0.497 e. The second-order valence-corrected chi connectivity index (χ2v) is 3.00. The number of benzene rings is 1. The number of hydrogen-bond donors (Lipinski definition) is 2. The first-order valence-corrected chi connectivity index (χ1v) is 4.12. The molecule has 1 aromatic carbocycles. The van der Waals surface area contributed by atoms with Gasteiger partial charge in [-0.1, -0.05) is 0 Å². The molecule has 0 saturated carbocycles. The third-order valence-corrected chi connectivity index (χ3v) is 1.96. The van der Waals surface area contributed by atoms with Gasteiger partial charge in [-0.05, 0) is 24.3 Å². The van der Waals surface area contributed by atoms with E-state index in [-0.39, 0.29) is 0 Å². The number of hydrogen-bond acceptors (Lipinski definition) is 4. The fourth-order valence-corrected chi connectivity index (χ4v) is 1.27. The summed E-state index contributed by atoms with van der Waals surface area (Å²) in [6, 6.07) is 5.06. The molecule has 0 spiro atoms. The normalized spacial score (nSPS) is 17.1. The molecule has 2 rings (SSSR count). The highest BCUT2D eigenvalue weighted by Crippen LogP contribution is 2.31. The molecule has 0 aliphatic carbocycles. The molecule has 1 aromatic rings. The van der Waals surface area contributed by atoms with Crippen molar-refractivity contribution in [3.05, 3.63) is 29.8 Å². The van der Waals surface area contributed by atoms with Gasteiger partial charge in [-0.15, -0.1) is 0 Å². The van der Waals surface area contributed by atoms with Crippen LogP contribution in [0.4, 0.5) is 0 Å². The molecule has 1 aliphatic heterocycles. The quantitative estimate of drug-likeness (QED) is 0.647. The van der Waals surface area contributed by atoms with Gasteiger partial charge in [0.15, 0.2) is 0 Å². The Kier molecular flexibility index (Phi) is 1.94. The first kappa shape index (κ1) is 9.05. The maximum Gasteiger partial charge on any atom is 0.344 e. The summed E-state index contributed by atoms with van der Waals surface area (Å²) in [7, 11) is 1.57. The summed E-state index contributed by atoms with van der Waals surface area (Å²) in [5.41, 5.74) is 0.753. The summed E-state index contributed by atoms with van der Waals surface area (Å²) >= 11 is 0. The van der Waals surface area contributed by atoms with E-state index >= 15 is 0 Å². The second-order valence-electron chi connectivity index (χ2n) is 3.00. The van der Waals surface area contributed by atoms with E-state index in [4.69, 9.17) is 19.7 Å². The fraction of sp³-hybridized carbons (Fsp3) is 0.200. The lowest BCUT2D eigenvalue weighted by molar-refractivity contribution is -0.254. The van der Waals surface area contributed by atoms with Gasteiger partial charge < -0.3 is 19.7 Å². The highest BCUT2D eigenvalue weighted by molar-refractivity contribution is 5.62. The van der Waals surface area contributed by atoms with Crippen molar-refractivity contribution in [2.75, 3.05) is 7.11 Å². The van der Waals surface area contributed by atoms with E-state index in [1.165, 1.54) is 0 Å². The van der Waals surface area contributed by atoms with Crippen molar-refractivity contribution in [1.82, 2.24) is 0 Å². The summed E-state index contributed by atoms with van der Waals surface area (Å²) < 4.78 is 9.91. The lowest BCUT2D eigenvalue weighted by atomic mass is 10.1. The van der Waals surface area contributed by atoms with E-state index in [9.17, 15) is 0 Å². The van der Waals surface area contributed by atoms with Crippen LogP contribution >= 0.6 is 0 Å². The van der Waals surface area contributed by atoms with Crippen molar-refractivity contribution in [2.45, 2.75) is 5.97 Å². The molecule has 0 radical (unpaired) electrons. The number of aliphatic hydroxyl groups is 2. The Morgan fingerprint density at radius 2 is 2.14 bits per heavy atom. The summed E-state index contributed by atoms with van der Waals surface area (Å²) in [5.74, 6) is -1.10. The smallest absolute Gasteiger partial charge is 0.344 e. The zero-order chi connectivity index (χ0) is 10.2. The van der Waals surface area contributed by atoms with Crippen LogP contribution in [-0.2, 0) is 0 Å². The van der Waals surface area contributed by atoms with E-state index in [0.717, 1.165) is 11.6 Å². The number of fused-ring (bicyclic) bond motifs is 1. The van der Waals surface area contributed by atoms with Crippen LogP contribution in [0.5, 0.6) is 11.5 Å². The first-order valence-electron chi connectivity index (χ1n) is 4.12. The van der Waals surface area contributed by atoms with Gasteiger partial charge in [-0.25, -0.2) is 0 Å². The lowest BCUT2D eigenvalue weighted by Gasteiger charge is -2.24. The Balaban J connectivity index is 2.41. The minimum atomic E-state index is -2.21. The third-order valence-electron chi connectivity index (χ3n) is 1.96. The average Bonchev–Trinajstić information content (AvgIpc) is 2.16. The Hall–Kier alpha value is -1.52. The van der Waals surface area contributed by atoms with Gasteiger partial charge in [0, 0.05) is 11.6 Å². The van der Waals surface area contributed by atoms with Crippen LogP contribution in [-0.4, -0.2) is 23.3 Å². The van der Waals surface area contributed by atoms with E-state index < -0.39 is 5.97 Å². The van der Waals surface area contributed by atoms with Gasteiger partial charge in [0.25, 0.3) is 0 Å². The van der Waals surface area contributed by atoms with Gasteiger partial charge in [0.1, 0.15) is 11.5 Å². The maximum atomic E-state index is 9.16. The zero-order valence-electron chi connectivity index (χ0n) is 7.60. The van der Waals surface area contributed by atoms with Gasteiger partial charge in [0.05, 0.1) is 7.11 Å². The Bertz CT molecular complexity index is 382. The molecule has 4 nitrogen and oxygen atoms in total. The molecular formula is C10H10O4. The van der Waals surface area contributed by atoms with Crippen LogP contribution in [0.25, 0.3) is 6.08 Å². The zero-order valence-corrected chi connectivity index (χ0v) is 7.60. The lowest BCUT2D eigenvalue weighted by Crippen LogP contribution is -2.34. The number of ether oxygens (including phenoxy) is 2. The predicted octanol–water partition coefficient (Wildman–Crippen LogP) is 0.739. The van der Waals surface area contributed by atoms with Crippen molar-refractivity contribution in [1.29, 1.82) is 0 Å². The molecule has 74 valence electrons. The highest BCUT2D eigenvalue weighted by atomic mass is 16.8. The summed E-state index contributed by atoms with van der Waals surface area (Å²) in [6.45, 7) is 0. The Labute approximate surface area is 81.0 Å². The topological polar surface area (TPSA) is 58.9 Å². The predicted molar refractivity (Wildman–Crippen MR) is 49.8 cm³/mol. The molecule has 0 fully saturated rings. The molecule has 1 heterocycles. The van der Waals surface area contributed by atoms with E-state index in [0.29, 0.717) is 11.5 Å². The van der Waals surface area contributed by atoms with Crippen molar-refractivity contribution in [3.8, 4) is 11.5 Å². The molecule has 14 heavy (non-hydrogen) atoms. The summed E-state index contributed by atoms with van der Waals surface area (Å²) in [4.78, 5) is 0. The molecular weight excluding hydrogens is 184 g/mol. The van der Waals surface area contributed by atoms with Gasteiger partial charge in [-0.3, -0.25) is 0 Å². The van der Waals surface area contributed by atoms with Crippen LogP contribution in [0, 0.1) is 0 Å². The van der Waals surface area contributed by atoms with Crippen molar-refractivity contribution in [2.24, 2.45) is 0 Å². The molecule has 4 heteroatoms. The summed E-state index contributed by atoms with van der Waals surface area (Å²) in [6.07, 6.45) is 2.73. The monoisotopic (exact) mass is 194 g/mol. The maximum absolute atomic E-state index is 9.16. The van der Waals surface area contributed by atoms with E-state index in [1.54, 1.807) is 31.4 Å². The minimum absolute atomic E-state index is 0.415. The summed E-state index contributed by atoms with van der Waals surface area (Å²) in [5, 5.41) is 18.3. The average molecular weight is 194 g/mol. The van der Waals surface area contributed by atoms with E-state index in [1.807, 2.05) is 0 Å². The van der Waals surface area contributed by atoms with Crippen LogP contribution < -0.4 is 9.47 Å². The molecule has 0 unspecified atom stereocenters.